The Morgan fingerprint density at radius 2 is 2.05 bits per heavy atom. The smallest absolute Gasteiger partial charge is 0.233 e. The maximum Gasteiger partial charge on any atom is 0.233 e. The van der Waals surface area contributed by atoms with Gasteiger partial charge in [0.25, 0.3) is 0 Å². The number of alkyl halides is 2. The van der Waals surface area contributed by atoms with Crippen molar-refractivity contribution in [1.29, 1.82) is 0 Å². The number of para-hydroxylation sites is 2. The molecular weight excluding hydrogens is 297 g/mol. The number of rotatable bonds is 3. The number of amides is 1. The number of benzene rings is 1. The summed E-state index contributed by atoms with van der Waals surface area (Å²) in [5.74, 6) is -0.179. The van der Waals surface area contributed by atoms with E-state index in [1.54, 1.807) is 17.8 Å². The molecule has 0 spiro atoms. The van der Waals surface area contributed by atoms with E-state index < -0.39 is 9.75 Å². The quantitative estimate of drug-likeness (QED) is 0.883. The van der Waals surface area contributed by atoms with E-state index in [1.807, 2.05) is 36.5 Å². The van der Waals surface area contributed by atoms with Crippen LogP contribution in [0.4, 0.5) is 5.69 Å². The molecule has 1 fully saturated rings. The van der Waals surface area contributed by atoms with Gasteiger partial charge >= 0.3 is 0 Å². The number of carbonyl (C=O) groups is 1. The molecular formula is C14H13Cl2N3O. The highest BCUT2D eigenvalue weighted by Crippen LogP contribution is 2.64. The van der Waals surface area contributed by atoms with Crippen LogP contribution in [-0.2, 0) is 4.79 Å². The molecule has 0 saturated heterocycles. The summed E-state index contributed by atoms with van der Waals surface area (Å²) in [7, 11) is 0. The number of aromatic nitrogens is 2. The van der Waals surface area contributed by atoms with Crippen LogP contribution < -0.4 is 5.32 Å². The average Bonchev–Trinajstić information content (AvgIpc) is 2.82. The Balaban J connectivity index is 1.88. The molecule has 4 nitrogen and oxygen atoms in total. The van der Waals surface area contributed by atoms with Crippen LogP contribution in [0.2, 0.25) is 0 Å². The maximum absolute atomic E-state index is 12.3. The number of carbonyl (C=O) groups excluding carboxylic acids is 1. The fourth-order valence-corrected chi connectivity index (χ4v) is 2.80. The van der Waals surface area contributed by atoms with Crippen LogP contribution in [0.1, 0.15) is 13.3 Å². The van der Waals surface area contributed by atoms with Gasteiger partial charge in [-0.3, -0.25) is 4.79 Å². The molecule has 0 bridgehead atoms. The molecule has 0 aliphatic heterocycles. The van der Waals surface area contributed by atoms with Crippen LogP contribution in [0.3, 0.4) is 0 Å². The van der Waals surface area contributed by atoms with Crippen LogP contribution >= 0.6 is 23.2 Å². The molecule has 1 atom stereocenters. The Morgan fingerprint density at radius 1 is 1.35 bits per heavy atom. The van der Waals surface area contributed by atoms with Crippen molar-refractivity contribution in [3.63, 3.8) is 0 Å². The minimum absolute atomic E-state index is 0.179. The molecule has 1 aromatic carbocycles. The molecule has 0 radical (unpaired) electrons. The van der Waals surface area contributed by atoms with Crippen molar-refractivity contribution in [1.82, 2.24) is 9.78 Å². The van der Waals surface area contributed by atoms with E-state index in [9.17, 15) is 4.79 Å². The summed E-state index contributed by atoms with van der Waals surface area (Å²) in [4.78, 5) is 12.3. The zero-order valence-electron chi connectivity index (χ0n) is 10.8. The molecule has 1 heterocycles. The minimum Gasteiger partial charge on any atom is -0.324 e. The largest absolute Gasteiger partial charge is 0.324 e. The number of anilines is 1. The summed E-state index contributed by atoms with van der Waals surface area (Å²) >= 11 is 12.1. The summed E-state index contributed by atoms with van der Waals surface area (Å²) in [5.41, 5.74) is 0.733. The standard InChI is InChI=1S/C14H13Cl2N3O/c1-13(9-14(13,15)16)12(20)18-10-5-2-3-6-11(10)19-8-4-7-17-19/h2-8H,9H2,1H3,(H,18,20). The Labute approximate surface area is 126 Å². The third-order valence-electron chi connectivity index (χ3n) is 3.66. The molecule has 3 rings (SSSR count). The van der Waals surface area contributed by atoms with Gasteiger partial charge in [0.15, 0.2) is 0 Å². The second-order valence-electron chi connectivity index (χ2n) is 5.14. The van der Waals surface area contributed by atoms with Crippen LogP contribution in [0, 0.1) is 5.41 Å². The van der Waals surface area contributed by atoms with E-state index in [-0.39, 0.29) is 5.91 Å². The number of nitrogens with one attached hydrogen (secondary N) is 1. The zero-order chi connectivity index (χ0) is 14.4. The summed E-state index contributed by atoms with van der Waals surface area (Å²) in [6, 6.07) is 9.27. The Bertz CT molecular complexity index is 654. The van der Waals surface area contributed by atoms with Gasteiger partial charge in [0.05, 0.1) is 16.8 Å². The van der Waals surface area contributed by atoms with Gasteiger partial charge in [0, 0.05) is 12.4 Å². The average molecular weight is 310 g/mol. The number of nitrogens with zero attached hydrogens (tertiary/aromatic N) is 2. The molecule has 104 valence electrons. The topological polar surface area (TPSA) is 46.9 Å². The number of hydrogen-bond donors (Lipinski definition) is 1. The lowest BCUT2D eigenvalue weighted by Gasteiger charge is -2.15. The van der Waals surface area contributed by atoms with Crippen molar-refractivity contribution >= 4 is 34.8 Å². The highest BCUT2D eigenvalue weighted by atomic mass is 35.5. The van der Waals surface area contributed by atoms with E-state index in [4.69, 9.17) is 23.2 Å². The van der Waals surface area contributed by atoms with E-state index >= 15 is 0 Å². The van der Waals surface area contributed by atoms with E-state index in [2.05, 4.69) is 10.4 Å². The van der Waals surface area contributed by atoms with Crippen molar-refractivity contribution in [2.75, 3.05) is 5.32 Å². The lowest BCUT2D eigenvalue weighted by Crippen LogP contribution is -2.26. The van der Waals surface area contributed by atoms with Gasteiger partial charge in [-0.25, -0.2) is 4.68 Å². The lowest BCUT2D eigenvalue weighted by atomic mass is 10.1. The number of halogens is 2. The second-order valence-corrected chi connectivity index (χ2v) is 6.62. The van der Waals surface area contributed by atoms with Crippen molar-refractivity contribution in [2.24, 2.45) is 5.41 Å². The monoisotopic (exact) mass is 309 g/mol. The van der Waals surface area contributed by atoms with Crippen molar-refractivity contribution in [2.45, 2.75) is 17.7 Å². The Hall–Kier alpha value is -1.52. The third-order valence-corrected chi connectivity index (χ3v) is 4.76. The first-order chi connectivity index (χ1) is 9.44. The molecule has 1 amide bonds. The van der Waals surface area contributed by atoms with Crippen LogP contribution in [-0.4, -0.2) is 20.0 Å². The van der Waals surface area contributed by atoms with Crippen LogP contribution in [0.5, 0.6) is 0 Å². The first-order valence-electron chi connectivity index (χ1n) is 6.22. The fourth-order valence-electron chi connectivity index (χ4n) is 2.10. The van der Waals surface area contributed by atoms with Gasteiger partial charge in [0.1, 0.15) is 4.33 Å². The fraction of sp³-hybridized carbons (Fsp3) is 0.286. The van der Waals surface area contributed by atoms with E-state index in [1.165, 1.54) is 0 Å². The summed E-state index contributed by atoms with van der Waals surface area (Å²) < 4.78 is 0.719. The number of hydrogen-bond acceptors (Lipinski definition) is 2. The van der Waals surface area contributed by atoms with Gasteiger partial charge < -0.3 is 5.32 Å². The molecule has 20 heavy (non-hydrogen) atoms. The normalized spacial score (nSPS) is 23.4. The minimum atomic E-state index is -0.974. The molecule has 1 unspecified atom stereocenters. The zero-order valence-corrected chi connectivity index (χ0v) is 12.3. The SMILES string of the molecule is CC1(C(=O)Nc2ccccc2-n2cccn2)CC1(Cl)Cl. The van der Waals surface area contributed by atoms with Gasteiger partial charge in [-0.05, 0) is 31.5 Å². The summed E-state index contributed by atoms with van der Waals surface area (Å²) in [5, 5.41) is 7.06. The second kappa shape index (κ2) is 4.50. The molecule has 6 heteroatoms. The first-order valence-corrected chi connectivity index (χ1v) is 6.98. The van der Waals surface area contributed by atoms with Gasteiger partial charge in [-0.15, -0.1) is 23.2 Å². The Kier molecular flexibility index (Phi) is 3.03. The first kappa shape index (κ1) is 13.5. The lowest BCUT2D eigenvalue weighted by molar-refractivity contribution is -0.120. The van der Waals surface area contributed by atoms with E-state index in [0.29, 0.717) is 12.1 Å². The molecule has 2 aromatic rings. The predicted molar refractivity (Wildman–Crippen MR) is 79.4 cm³/mol. The van der Waals surface area contributed by atoms with E-state index in [0.717, 1.165) is 5.69 Å². The van der Waals surface area contributed by atoms with Crippen molar-refractivity contribution < 1.29 is 4.79 Å². The molecule has 1 saturated carbocycles. The van der Waals surface area contributed by atoms with Gasteiger partial charge in [0.2, 0.25) is 5.91 Å². The van der Waals surface area contributed by atoms with Crippen molar-refractivity contribution in [3.05, 3.63) is 42.7 Å². The summed E-state index contributed by atoms with van der Waals surface area (Å²) in [6.07, 6.45) is 3.96. The Morgan fingerprint density at radius 3 is 2.65 bits per heavy atom. The highest BCUT2D eigenvalue weighted by Gasteiger charge is 2.67. The summed E-state index contributed by atoms with van der Waals surface area (Å²) in [6.45, 7) is 1.76. The predicted octanol–water partition coefficient (Wildman–Crippen LogP) is 3.39. The molecule has 1 aliphatic rings. The van der Waals surface area contributed by atoms with Crippen LogP contribution in [0.15, 0.2) is 42.7 Å². The highest BCUT2D eigenvalue weighted by molar-refractivity contribution is 6.53. The molecule has 1 N–H and O–H groups in total. The van der Waals surface area contributed by atoms with Crippen molar-refractivity contribution in [3.8, 4) is 5.69 Å². The maximum atomic E-state index is 12.3. The van der Waals surface area contributed by atoms with Gasteiger partial charge in [-0.1, -0.05) is 12.1 Å². The molecule has 1 aromatic heterocycles. The van der Waals surface area contributed by atoms with Crippen LogP contribution in [0.25, 0.3) is 5.69 Å². The van der Waals surface area contributed by atoms with Gasteiger partial charge in [-0.2, -0.15) is 5.10 Å². The molecule has 1 aliphatic carbocycles. The third kappa shape index (κ3) is 2.09.